The number of carbonyl (C=O) groups is 3. The maximum Gasteiger partial charge on any atom is 0.251 e. The van der Waals surface area contributed by atoms with Crippen molar-refractivity contribution in [2.75, 3.05) is 26.2 Å². The van der Waals surface area contributed by atoms with Crippen molar-refractivity contribution < 1.29 is 19.1 Å². The van der Waals surface area contributed by atoms with Crippen molar-refractivity contribution >= 4 is 28.6 Å². The highest BCUT2D eigenvalue weighted by Gasteiger charge is 2.34. The summed E-state index contributed by atoms with van der Waals surface area (Å²) in [6.45, 7) is 2.04. The number of likely N-dealkylation sites (tertiary alicyclic amines) is 1. The first-order chi connectivity index (χ1) is 13.6. The van der Waals surface area contributed by atoms with Crippen LogP contribution >= 0.6 is 0 Å². The third-order valence-electron chi connectivity index (χ3n) is 5.18. The molecule has 4 rings (SSSR count). The number of amides is 3. The van der Waals surface area contributed by atoms with Crippen molar-refractivity contribution in [3.63, 3.8) is 0 Å². The van der Waals surface area contributed by atoms with E-state index >= 15 is 0 Å². The molecule has 3 heterocycles. The van der Waals surface area contributed by atoms with Gasteiger partial charge in [0.15, 0.2) is 0 Å². The maximum absolute atomic E-state index is 12.2. The van der Waals surface area contributed by atoms with Gasteiger partial charge in [0, 0.05) is 49.5 Å². The largest absolute Gasteiger partial charge is 0.368 e. The lowest BCUT2D eigenvalue weighted by Gasteiger charge is -2.29. The molecule has 0 radical (unpaired) electrons. The van der Waals surface area contributed by atoms with Crippen LogP contribution in [0.2, 0.25) is 0 Å². The van der Waals surface area contributed by atoms with Crippen LogP contribution in [0.15, 0.2) is 24.4 Å². The first-order valence-corrected chi connectivity index (χ1v) is 9.51. The minimum Gasteiger partial charge on any atom is -0.368 e. The molecule has 0 spiro atoms. The Hall–Kier alpha value is -2.94. The van der Waals surface area contributed by atoms with Gasteiger partial charge in [0.2, 0.25) is 5.91 Å². The number of aromatic nitrogens is 2. The van der Waals surface area contributed by atoms with Gasteiger partial charge in [0.05, 0.1) is 18.3 Å². The number of H-pyrrole nitrogens is 1. The molecule has 2 atom stereocenters. The number of nitrogens with zero attached hydrogens (tertiary/aromatic N) is 2. The molecule has 3 N–H and O–H groups in total. The molecule has 9 nitrogen and oxygen atoms in total. The fraction of sp³-hybridized carbons (Fsp3) is 0.474. The van der Waals surface area contributed by atoms with Crippen LogP contribution in [-0.2, 0) is 14.3 Å². The van der Waals surface area contributed by atoms with E-state index in [1.807, 2.05) is 6.07 Å². The topological polar surface area (TPSA) is 116 Å². The summed E-state index contributed by atoms with van der Waals surface area (Å²) in [7, 11) is 0. The van der Waals surface area contributed by atoms with Gasteiger partial charge < -0.3 is 20.3 Å². The zero-order valence-corrected chi connectivity index (χ0v) is 15.4. The van der Waals surface area contributed by atoms with Crippen LogP contribution in [0.3, 0.4) is 0 Å². The molecule has 3 amide bonds. The first-order valence-electron chi connectivity index (χ1n) is 9.51. The number of nitrogens with one attached hydrogen (secondary N) is 3. The predicted molar refractivity (Wildman–Crippen MR) is 101 cm³/mol. The van der Waals surface area contributed by atoms with Gasteiger partial charge >= 0.3 is 0 Å². The highest BCUT2D eigenvalue weighted by Crippen LogP contribution is 2.18. The molecule has 2 aliphatic rings. The van der Waals surface area contributed by atoms with E-state index in [1.165, 1.54) is 0 Å². The van der Waals surface area contributed by atoms with Gasteiger partial charge in [0.25, 0.3) is 11.8 Å². The molecule has 28 heavy (non-hydrogen) atoms. The first kappa shape index (κ1) is 18.4. The second-order valence-electron chi connectivity index (χ2n) is 7.16. The van der Waals surface area contributed by atoms with Gasteiger partial charge in [-0.2, -0.15) is 5.10 Å². The average molecular weight is 385 g/mol. The number of rotatable bonds is 6. The lowest BCUT2D eigenvalue weighted by molar-refractivity contribution is -0.155. The van der Waals surface area contributed by atoms with Gasteiger partial charge in [-0.1, -0.05) is 6.07 Å². The zero-order valence-electron chi connectivity index (χ0n) is 15.4. The minimum atomic E-state index is -0.300. The minimum absolute atomic E-state index is 0.0181. The number of carbonyl (C=O) groups excluding carboxylic acids is 3. The van der Waals surface area contributed by atoms with E-state index in [1.54, 1.807) is 23.2 Å². The second kappa shape index (κ2) is 7.97. The fourth-order valence-corrected chi connectivity index (χ4v) is 3.48. The summed E-state index contributed by atoms with van der Waals surface area (Å²) in [4.78, 5) is 38.2. The van der Waals surface area contributed by atoms with Crippen molar-refractivity contribution in [3.05, 3.63) is 30.0 Å². The summed E-state index contributed by atoms with van der Waals surface area (Å²) in [5, 5.41) is 13.4. The molecule has 2 saturated heterocycles. The van der Waals surface area contributed by atoms with Gasteiger partial charge in [-0.3, -0.25) is 19.5 Å². The highest BCUT2D eigenvalue weighted by molar-refractivity contribution is 5.97. The van der Waals surface area contributed by atoms with Crippen LogP contribution < -0.4 is 10.6 Å². The number of hydrogen-bond acceptors (Lipinski definition) is 5. The van der Waals surface area contributed by atoms with Crippen molar-refractivity contribution in [1.29, 1.82) is 0 Å². The van der Waals surface area contributed by atoms with Gasteiger partial charge in [-0.15, -0.1) is 0 Å². The van der Waals surface area contributed by atoms with Gasteiger partial charge in [-0.05, 0) is 18.6 Å². The number of benzene rings is 1. The molecule has 0 aliphatic carbocycles. The molecule has 0 saturated carbocycles. The lowest BCUT2D eigenvalue weighted by atomic mass is 10.1. The zero-order chi connectivity index (χ0) is 19.5. The van der Waals surface area contributed by atoms with E-state index in [0.29, 0.717) is 25.3 Å². The normalized spacial score (nSPS) is 21.4. The lowest BCUT2D eigenvalue weighted by Crippen LogP contribution is -2.46. The molecule has 1 aromatic carbocycles. The number of fused-ring (bicyclic) bond motifs is 1. The number of ether oxygens (including phenoxy) is 1. The molecule has 9 heteroatoms. The number of aromatic amines is 1. The summed E-state index contributed by atoms with van der Waals surface area (Å²) >= 11 is 0. The van der Waals surface area contributed by atoms with Crippen molar-refractivity contribution in [2.24, 2.45) is 0 Å². The smallest absolute Gasteiger partial charge is 0.251 e. The SMILES string of the molecule is O=C(CCNC(=O)c1ccc2cn[nH]c2c1)N[C@@H]1CCN(C(=O)C2CCO2)C1. The van der Waals surface area contributed by atoms with Crippen molar-refractivity contribution in [1.82, 2.24) is 25.7 Å². The van der Waals surface area contributed by atoms with Crippen LogP contribution in [0.4, 0.5) is 0 Å². The predicted octanol–water partition coefficient (Wildman–Crippen LogP) is 0.189. The summed E-state index contributed by atoms with van der Waals surface area (Å²) in [5.74, 6) is -0.351. The second-order valence-corrected chi connectivity index (χ2v) is 7.16. The van der Waals surface area contributed by atoms with E-state index in [4.69, 9.17) is 4.74 Å². The third-order valence-corrected chi connectivity index (χ3v) is 5.18. The molecular weight excluding hydrogens is 362 g/mol. The Balaban J connectivity index is 1.18. The van der Waals surface area contributed by atoms with E-state index < -0.39 is 0 Å². The average Bonchev–Trinajstić information content (AvgIpc) is 3.28. The molecule has 148 valence electrons. The standard InChI is InChI=1S/C19H23N5O4/c25-17(22-14-4-7-24(11-14)19(27)16-5-8-28-16)3-6-20-18(26)12-1-2-13-10-21-23-15(13)9-12/h1-2,9-10,14,16H,3-8,11H2,(H,20,26)(H,21,23)(H,22,25)/t14-,16?/m1/s1. The van der Waals surface area contributed by atoms with Crippen LogP contribution in [0.25, 0.3) is 10.9 Å². The summed E-state index contributed by atoms with van der Waals surface area (Å²) in [6, 6.07) is 5.23. The molecule has 1 aromatic heterocycles. The summed E-state index contributed by atoms with van der Waals surface area (Å²) in [6.07, 6.45) is 3.10. The summed E-state index contributed by atoms with van der Waals surface area (Å²) in [5.41, 5.74) is 1.30. The number of hydrogen-bond donors (Lipinski definition) is 3. The van der Waals surface area contributed by atoms with Crippen LogP contribution in [-0.4, -0.2) is 71.2 Å². The molecular formula is C19H23N5O4. The Morgan fingerprint density at radius 3 is 2.93 bits per heavy atom. The summed E-state index contributed by atoms with van der Waals surface area (Å²) < 4.78 is 5.23. The molecule has 1 unspecified atom stereocenters. The van der Waals surface area contributed by atoms with E-state index in [2.05, 4.69) is 20.8 Å². The van der Waals surface area contributed by atoms with Crippen molar-refractivity contribution in [3.8, 4) is 0 Å². The van der Waals surface area contributed by atoms with Crippen LogP contribution in [0, 0.1) is 0 Å². The molecule has 2 fully saturated rings. The Bertz CT molecular complexity index is 891. The quantitative estimate of drug-likeness (QED) is 0.656. The molecule has 2 aromatic rings. The van der Waals surface area contributed by atoms with E-state index in [0.717, 1.165) is 23.7 Å². The fourth-order valence-electron chi connectivity index (χ4n) is 3.48. The molecule has 2 aliphatic heterocycles. The van der Waals surface area contributed by atoms with E-state index in [9.17, 15) is 14.4 Å². The Labute approximate surface area is 161 Å². The van der Waals surface area contributed by atoms with E-state index in [-0.39, 0.29) is 42.8 Å². The Kier molecular flexibility index (Phi) is 5.25. The van der Waals surface area contributed by atoms with Crippen LogP contribution in [0.5, 0.6) is 0 Å². The highest BCUT2D eigenvalue weighted by atomic mass is 16.5. The Morgan fingerprint density at radius 2 is 2.14 bits per heavy atom. The monoisotopic (exact) mass is 385 g/mol. The van der Waals surface area contributed by atoms with Crippen LogP contribution in [0.1, 0.15) is 29.6 Å². The third kappa shape index (κ3) is 3.99. The van der Waals surface area contributed by atoms with Crippen molar-refractivity contribution in [2.45, 2.75) is 31.4 Å². The molecule has 0 bridgehead atoms. The maximum atomic E-state index is 12.2. The van der Waals surface area contributed by atoms with Gasteiger partial charge in [0.1, 0.15) is 6.10 Å². The van der Waals surface area contributed by atoms with Gasteiger partial charge in [-0.25, -0.2) is 0 Å². The Morgan fingerprint density at radius 1 is 1.29 bits per heavy atom.